The number of nitrogens with zero attached hydrogens (tertiary/aromatic N) is 2. The number of carbonyl (C=O) groups is 1. The van der Waals surface area contributed by atoms with Gasteiger partial charge in [0.2, 0.25) is 0 Å². The van der Waals surface area contributed by atoms with Crippen LogP contribution in [0.25, 0.3) is 0 Å². The van der Waals surface area contributed by atoms with Crippen molar-refractivity contribution in [3.05, 3.63) is 54.0 Å². The van der Waals surface area contributed by atoms with E-state index in [4.69, 9.17) is 0 Å². The molecule has 0 aliphatic heterocycles. The van der Waals surface area contributed by atoms with Gasteiger partial charge < -0.3 is 10.1 Å². The minimum absolute atomic E-state index is 0.208. The van der Waals surface area contributed by atoms with Crippen LogP contribution in [0.3, 0.4) is 0 Å². The van der Waals surface area contributed by atoms with E-state index in [1.807, 2.05) is 18.2 Å². The van der Waals surface area contributed by atoms with Crippen LogP contribution in [0.4, 0.5) is 5.82 Å². The van der Waals surface area contributed by atoms with Gasteiger partial charge in [-0.3, -0.25) is 0 Å². The topological polar surface area (TPSA) is 64.1 Å². The molecule has 0 amide bonds. The van der Waals surface area contributed by atoms with Crippen LogP contribution < -0.4 is 5.32 Å². The maximum absolute atomic E-state index is 11.3. The fourth-order valence-electron chi connectivity index (χ4n) is 1.97. The number of rotatable bonds is 6. The zero-order chi connectivity index (χ0) is 15.1. The van der Waals surface area contributed by atoms with Crippen LogP contribution in [0.1, 0.15) is 29.4 Å². The van der Waals surface area contributed by atoms with Crippen molar-refractivity contribution in [2.24, 2.45) is 0 Å². The molecule has 0 aliphatic rings. The van der Waals surface area contributed by atoms with Crippen LogP contribution in [0.15, 0.2) is 42.7 Å². The average Bonchev–Trinajstić information content (AvgIpc) is 2.54. The number of anilines is 1. The summed E-state index contributed by atoms with van der Waals surface area (Å²) in [5.41, 5.74) is 1.53. The van der Waals surface area contributed by atoms with Gasteiger partial charge in [-0.25, -0.2) is 14.8 Å². The number of hydrogen-bond acceptors (Lipinski definition) is 5. The van der Waals surface area contributed by atoms with Gasteiger partial charge in [-0.1, -0.05) is 30.3 Å². The lowest BCUT2D eigenvalue weighted by atomic mass is 10.1. The Kier molecular flexibility index (Phi) is 5.26. The number of hydrogen-bond donors (Lipinski definition) is 1. The summed E-state index contributed by atoms with van der Waals surface area (Å²) in [5, 5.41) is 3.27. The predicted octanol–water partition coefficient (Wildman–Crippen LogP) is 2.70. The van der Waals surface area contributed by atoms with E-state index in [2.05, 4.69) is 39.1 Å². The van der Waals surface area contributed by atoms with E-state index in [0.717, 1.165) is 12.8 Å². The third-order valence-electron chi connectivity index (χ3n) is 3.15. The van der Waals surface area contributed by atoms with Crippen molar-refractivity contribution < 1.29 is 9.53 Å². The minimum atomic E-state index is -0.480. The molecule has 0 saturated heterocycles. The summed E-state index contributed by atoms with van der Waals surface area (Å²) >= 11 is 0. The van der Waals surface area contributed by atoms with Crippen LogP contribution in [0.5, 0.6) is 0 Å². The Morgan fingerprint density at radius 1 is 1.24 bits per heavy atom. The molecule has 1 unspecified atom stereocenters. The third kappa shape index (κ3) is 4.56. The number of ether oxygens (including phenoxy) is 1. The van der Waals surface area contributed by atoms with Gasteiger partial charge in [-0.2, -0.15) is 0 Å². The molecule has 2 rings (SSSR count). The second-order valence-corrected chi connectivity index (χ2v) is 4.85. The van der Waals surface area contributed by atoms with Crippen molar-refractivity contribution in [2.75, 3.05) is 12.4 Å². The van der Waals surface area contributed by atoms with E-state index < -0.39 is 5.97 Å². The van der Waals surface area contributed by atoms with E-state index in [1.165, 1.54) is 18.9 Å². The average molecular weight is 285 g/mol. The number of nitrogens with one attached hydrogen (secondary N) is 1. The summed E-state index contributed by atoms with van der Waals surface area (Å²) < 4.78 is 4.58. The molecule has 0 bridgehead atoms. The fraction of sp³-hybridized carbons (Fsp3) is 0.312. The monoisotopic (exact) mass is 285 g/mol. The van der Waals surface area contributed by atoms with Crippen LogP contribution >= 0.6 is 0 Å². The van der Waals surface area contributed by atoms with Crippen molar-refractivity contribution in [3.8, 4) is 0 Å². The molecule has 5 nitrogen and oxygen atoms in total. The lowest BCUT2D eigenvalue weighted by molar-refractivity contribution is 0.0593. The Balaban J connectivity index is 1.85. The van der Waals surface area contributed by atoms with E-state index in [1.54, 1.807) is 6.20 Å². The zero-order valence-corrected chi connectivity index (χ0v) is 12.2. The SMILES string of the molecule is COC(=O)c1cnc(NC(C)CCc2ccccc2)cn1. The number of benzene rings is 1. The molecule has 1 aromatic carbocycles. The van der Waals surface area contributed by atoms with Crippen molar-refractivity contribution in [3.63, 3.8) is 0 Å². The van der Waals surface area contributed by atoms with E-state index in [-0.39, 0.29) is 11.7 Å². The maximum atomic E-state index is 11.3. The zero-order valence-electron chi connectivity index (χ0n) is 12.2. The van der Waals surface area contributed by atoms with Gasteiger partial charge in [0, 0.05) is 6.04 Å². The van der Waals surface area contributed by atoms with Gasteiger partial charge in [0.15, 0.2) is 5.69 Å². The highest BCUT2D eigenvalue weighted by Gasteiger charge is 2.08. The lowest BCUT2D eigenvalue weighted by Gasteiger charge is -2.14. The maximum Gasteiger partial charge on any atom is 0.358 e. The van der Waals surface area contributed by atoms with Gasteiger partial charge in [-0.05, 0) is 25.3 Å². The first-order valence-corrected chi connectivity index (χ1v) is 6.90. The number of esters is 1. The first kappa shape index (κ1) is 15.0. The van der Waals surface area contributed by atoms with Crippen LogP contribution in [0.2, 0.25) is 0 Å². The molecule has 1 atom stereocenters. The number of carbonyl (C=O) groups excluding carboxylic acids is 1. The molecule has 1 aromatic heterocycles. The number of methoxy groups -OCH3 is 1. The second kappa shape index (κ2) is 7.38. The van der Waals surface area contributed by atoms with Crippen molar-refractivity contribution in [1.29, 1.82) is 0 Å². The standard InChI is InChI=1S/C16H19N3O2/c1-12(8-9-13-6-4-3-5-7-13)19-15-11-17-14(10-18-15)16(20)21-2/h3-7,10-12H,8-9H2,1-2H3,(H,18,19). The molecular formula is C16H19N3O2. The molecule has 0 saturated carbocycles. The van der Waals surface area contributed by atoms with Gasteiger partial charge >= 0.3 is 5.97 Å². The summed E-state index contributed by atoms with van der Waals surface area (Å²) in [6.45, 7) is 2.10. The highest BCUT2D eigenvalue weighted by Crippen LogP contribution is 2.09. The lowest BCUT2D eigenvalue weighted by Crippen LogP contribution is -2.17. The molecule has 5 heteroatoms. The van der Waals surface area contributed by atoms with Gasteiger partial charge in [-0.15, -0.1) is 0 Å². The van der Waals surface area contributed by atoms with E-state index >= 15 is 0 Å². The third-order valence-corrected chi connectivity index (χ3v) is 3.15. The normalized spacial score (nSPS) is 11.7. The summed E-state index contributed by atoms with van der Waals surface area (Å²) in [6.07, 6.45) is 4.95. The molecule has 0 fully saturated rings. The quantitative estimate of drug-likeness (QED) is 0.827. The fourth-order valence-corrected chi connectivity index (χ4v) is 1.97. The van der Waals surface area contributed by atoms with Gasteiger partial charge in [0.25, 0.3) is 0 Å². The van der Waals surface area contributed by atoms with Crippen molar-refractivity contribution in [1.82, 2.24) is 9.97 Å². The molecule has 1 heterocycles. The Hall–Kier alpha value is -2.43. The Bertz CT molecular complexity index is 570. The first-order chi connectivity index (χ1) is 10.2. The highest BCUT2D eigenvalue weighted by atomic mass is 16.5. The Labute approximate surface area is 124 Å². The molecule has 0 radical (unpaired) electrons. The Morgan fingerprint density at radius 3 is 2.62 bits per heavy atom. The number of aromatic nitrogens is 2. The predicted molar refractivity (Wildman–Crippen MR) is 81.2 cm³/mol. The molecular weight excluding hydrogens is 266 g/mol. The molecule has 1 N–H and O–H groups in total. The van der Waals surface area contributed by atoms with Gasteiger partial charge in [0.1, 0.15) is 5.82 Å². The molecule has 2 aromatic rings. The Morgan fingerprint density at radius 2 is 2.00 bits per heavy atom. The summed E-state index contributed by atoms with van der Waals surface area (Å²) in [6, 6.07) is 10.6. The molecule has 0 aliphatic carbocycles. The first-order valence-electron chi connectivity index (χ1n) is 6.90. The number of aryl methyl sites for hydroxylation is 1. The minimum Gasteiger partial charge on any atom is -0.464 e. The molecule has 21 heavy (non-hydrogen) atoms. The van der Waals surface area contributed by atoms with Crippen LogP contribution in [-0.4, -0.2) is 29.1 Å². The van der Waals surface area contributed by atoms with Crippen LogP contribution in [-0.2, 0) is 11.2 Å². The smallest absolute Gasteiger partial charge is 0.358 e. The molecule has 110 valence electrons. The van der Waals surface area contributed by atoms with E-state index in [0.29, 0.717) is 5.82 Å². The largest absolute Gasteiger partial charge is 0.464 e. The van der Waals surface area contributed by atoms with Crippen molar-refractivity contribution >= 4 is 11.8 Å². The summed E-state index contributed by atoms with van der Waals surface area (Å²) in [5.74, 6) is 0.175. The van der Waals surface area contributed by atoms with E-state index in [9.17, 15) is 4.79 Å². The summed E-state index contributed by atoms with van der Waals surface area (Å²) in [7, 11) is 1.32. The second-order valence-electron chi connectivity index (χ2n) is 4.85. The highest BCUT2D eigenvalue weighted by molar-refractivity contribution is 5.86. The van der Waals surface area contributed by atoms with Crippen LogP contribution in [0, 0.1) is 0 Å². The van der Waals surface area contributed by atoms with Crippen molar-refractivity contribution in [2.45, 2.75) is 25.8 Å². The molecule has 0 spiro atoms. The van der Waals surface area contributed by atoms with Gasteiger partial charge in [0.05, 0.1) is 19.5 Å². The summed E-state index contributed by atoms with van der Waals surface area (Å²) in [4.78, 5) is 19.5.